The number of aliphatic carboxylic acids is 1. The minimum absolute atomic E-state index is 0.372. The second-order valence-electron chi connectivity index (χ2n) is 4.16. The third kappa shape index (κ3) is 4.48. The molecule has 6 heteroatoms. The van der Waals surface area contributed by atoms with Gasteiger partial charge in [0.15, 0.2) is 0 Å². The Hall–Kier alpha value is -1.37. The molecule has 0 fully saturated rings. The number of hydrogen-bond donors (Lipinski definition) is 4. The molecule has 0 aliphatic rings. The molecule has 0 aromatic heterocycles. The molecule has 1 aromatic carbocycles. The summed E-state index contributed by atoms with van der Waals surface area (Å²) in [5, 5.41) is 29.9. The van der Waals surface area contributed by atoms with Crippen molar-refractivity contribution in [2.75, 3.05) is 6.54 Å². The molecule has 0 radical (unpaired) electrons. The van der Waals surface area contributed by atoms with Crippen LogP contribution in [-0.4, -0.2) is 40.8 Å². The Morgan fingerprint density at radius 1 is 1.33 bits per heavy atom. The maximum Gasteiger partial charge on any atom is 0.488 e. The number of benzene rings is 1. The van der Waals surface area contributed by atoms with Crippen molar-refractivity contribution in [2.45, 2.75) is 25.8 Å². The Kier molecular flexibility index (Phi) is 5.84. The molecular formula is C12H18BNO4. The lowest BCUT2D eigenvalue weighted by molar-refractivity contribution is -0.139. The van der Waals surface area contributed by atoms with E-state index in [1.165, 1.54) is 0 Å². The normalized spacial score (nSPS) is 12.2. The summed E-state index contributed by atoms with van der Waals surface area (Å²) >= 11 is 0. The Morgan fingerprint density at radius 3 is 2.39 bits per heavy atom. The van der Waals surface area contributed by atoms with Crippen LogP contribution >= 0.6 is 0 Å². The lowest BCUT2D eigenvalue weighted by Gasteiger charge is -2.14. The third-order valence-corrected chi connectivity index (χ3v) is 2.66. The minimum Gasteiger partial charge on any atom is -0.480 e. The smallest absolute Gasteiger partial charge is 0.480 e. The summed E-state index contributed by atoms with van der Waals surface area (Å²) in [5.41, 5.74) is 1.24. The Balaban J connectivity index is 2.66. The maximum absolute atomic E-state index is 11.0. The van der Waals surface area contributed by atoms with Crippen LogP contribution in [0.15, 0.2) is 24.3 Å². The second kappa shape index (κ2) is 7.15. The van der Waals surface area contributed by atoms with Gasteiger partial charge in [-0.1, -0.05) is 31.2 Å². The summed E-state index contributed by atoms with van der Waals surface area (Å²) in [4.78, 5) is 11.0. The van der Waals surface area contributed by atoms with Crippen molar-refractivity contribution in [2.24, 2.45) is 0 Å². The van der Waals surface area contributed by atoms with Crippen LogP contribution in [0.1, 0.15) is 18.9 Å². The summed E-state index contributed by atoms with van der Waals surface area (Å²) < 4.78 is 0. The monoisotopic (exact) mass is 251 g/mol. The van der Waals surface area contributed by atoms with E-state index in [1.54, 1.807) is 24.3 Å². The molecule has 98 valence electrons. The number of carboxylic acid groups (broad SMARTS) is 1. The lowest BCUT2D eigenvalue weighted by atomic mass is 9.80. The van der Waals surface area contributed by atoms with E-state index in [4.69, 9.17) is 15.2 Å². The van der Waals surface area contributed by atoms with E-state index in [0.717, 1.165) is 12.0 Å². The molecule has 1 rings (SSSR count). The first-order valence-electron chi connectivity index (χ1n) is 5.95. The van der Waals surface area contributed by atoms with Gasteiger partial charge in [-0.15, -0.1) is 0 Å². The van der Waals surface area contributed by atoms with E-state index in [9.17, 15) is 4.79 Å². The Labute approximate surface area is 107 Å². The van der Waals surface area contributed by atoms with Gasteiger partial charge in [0.25, 0.3) is 0 Å². The van der Waals surface area contributed by atoms with Crippen LogP contribution in [0, 0.1) is 0 Å². The molecule has 0 spiro atoms. The van der Waals surface area contributed by atoms with Crippen molar-refractivity contribution in [3.8, 4) is 0 Å². The van der Waals surface area contributed by atoms with Crippen molar-refractivity contribution in [1.29, 1.82) is 0 Å². The van der Waals surface area contributed by atoms with Gasteiger partial charge in [-0.25, -0.2) is 0 Å². The molecule has 0 bridgehead atoms. The topological polar surface area (TPSA) is 89.8 Å². The zero-order valence-electron chi connectivity index (χ0n) is 10.3. The number of rotatable bonds is 7. The van der Waals surface area contributed by atoms with Gasteiger partial charge < -0.3 is 20.5 Å². The van der Waals surface area contributed by atoms with Gasteiger partial charge in [-0.3, -0.25) is 4.79 Å². The summed E-state index contributed by atoms with van der Waals surface area (Å²) in [6, 6.07) is 5.96. The molecule has 1 unspecified atom stereocenters. The van der Waals surface area contributed by atoms with Gasteiger partial charge in [0.1, 0.15) is 6.04 Å². The van der Waals surface area contributed by atoms with Crippen LogP contribution in [0.3, 0.4) is 0 Å². The SMILES string of the molecule is CCCNC(Cc1ccc(B(O)O)cc1)C(=O)O. The highest BCUT2D eigenvalue weighted by Gasteiger charge is 2.17. The molecule has 0 saturated carbocycles. The molecule has 5 nitrogen and oxygen atoms in total. The minimum atomic E-state index is -1.49. The molecule has 1 atom stereocenters. The number of hydrogen-bond acceptors (Lipinski definition) is 4. The molecule has 4 N–H and O–H groups in total. The predicted molar refractivity (Wildman–Crippen MR) is 69.7 cm³/mol. The first-order valence-corrected chi connectivity index (χ1v) is 5.95. The molecule has 0 amide bonds. The van der Waals surface area contributed by atoms with Crippen molar-refractivity contribution in [3.05, 3.63) is 29.8 Å². The van der Waals surface area contributed by atoms with Gasteiger partial charge in [0, 0.05) is 0 Å². The van der Waals surface area contributed by atoms with Crippen LogP contribution in [0.5, 0.6) is 0 Å². The van der Waals surface area contributed by atoms with Crippen LogP contribution in [0.2, 0.25) is 0 Å². The third-order valence-electron chi connectivity index (χ3n) is 2.66. The van der Waals surface area contributed by atoms with E-state index in [0.29, 0.717) is 18.4 Å². The number of carbonyl (C=O) groups is 1. The quantitative estimate of drug-likeness (QED) is 0.484. The molecule has 1 aromatic rings. The highest BCUT2D eigenvalue weighted by molar-refractivity contribution is 6.58. The second-order valence-corrected chi connectivity index (χ2v) is 4.16. The maximum atomic E-state index is 11.0. The van der Waals surface area contributed by atoms with Crippen molar-refractivity contribution >= 4 is 18.6 Å². The molecule has 0 saturated heterocycles. The summed E-state index contributed by atoms with van der Waals surface area (Å²) in [5.74, 6) is -0.880. The van der Waals surface area contributed by atoms with Crippen molar-refractivity contribution in [1.82, 2.24) is 5.32 Å². The Bertz CT molecular complexity index is 380. The molecule has 0 aliphatic heterocycles. The number of carboxylic acids is 1. The van der Waals surface area contributed by atoms with Crippen LogP contribution < -0.4 is 10.8 Å². The van der Waals surface area contributed by atoms with Crippen molar-refractivity contribution in [3.63, 3.8) is 0 Å². The van der Waals surface area contributed by atoms with Crippen LogP contribution in [-0.2, 0) is 11.2 Å². The van der Waals surface area contributed by atoms with Gasteiger partial charge in [0.2, 0.25) is 0 Å². The zero-order valence-corrected chi connectivity index (χ0v) is 10.3. The largest absolute Gasteiger partial charge is 0.488 e. The first-order chi connectivity index (χ1) is 8.54. The van der Waals surface area contributed by atoms with E-state index < -0.39 is 19.1 Å². The van der Waals surface area contributed by atoms with E-state index >= 15 is 0 Å². The van der Waals surface area contributed by atoms with Gasteiger partial charge in [-0.05, 0) is 30.4 Å². The zero-order chi connectivity index (χ0) is 13.5. The summed E-state index contributed by atoms with van der Waals surface area (Å²) in [6.45, 7) is 2.63. The molecule has 0 aliphatic carbocycles. The average molecular weight is 251 g/mol. The highest BCUT2D eigenvalue weighted by Crippen LogP contribution is 2.03. The fourth-order valence-corrected chi connectivity index (χ4v) is 1.63. The lowest BCUT2D eigenvalue weighted by Crippen LogP contribution is -2.39. The molecular weight excluding hydrogens is 233 g/mol. The van der Waals surface area contributed by atoms with E-state index in [1.807, 2.05) is 6.92 Å². The van der Waals surface area contributed by atoms with E-state index in [-0.39, 0.29) is 0 Å². The fourth-order valence-electron chi connectivity index (χ4n) is 1.63. The van der Waals surface area contributed by atoms with Gasteiger partial charge in [-0.2, -0.15) is 0 Å². The predicted octanol–water partition coefficient (Wildman–Crippen LogP) is -0.638. The Morgan fingerprint density at radius 2 is 1.94 bits per heavy atom. The van der Waals surface area contributed by atoms with Gasteiger partial charge in [0.05, 0.1) is 0 Å². The van der Waals surface area contributed by atoms with Crippen LogP contribution in [0.25, 0.3) is 0 Å². The van der Waals surface area contributed by atoms with Crippen molar-refractivity contribution < 1.29 is 19.9 Å². The fraction of sp³-hybridized carbons (Fsp3) is 0.417. The van der Waals surface area contributed by atoms with E-state index in [2.05, 4.69) is 5.32 Å². The average Bonchev–Trinajstić information content (AvgIpc) is 2.34. The van der Waals surface area contributed by atoms with Crippen LogP contribution in [0.4, 0.5) is 0 Å². The molecule has 18 heavy (non-hydrogen) atoms. The summed E-state index contributed by atoms with van der Waals surface area (Å²) in [6.07, 6.45) is 1.25. The summed E-state index contributed by atoms with van der Waals surface area (Å²) in [7, 11) is -1.49. The standard InChI is InChI=1S/C12H18BNO4/c1-2-7-14-11(12(15)16)8-9-3-5-10(6-4-9)13(17)18/h3-6,11,14,17-18H,2,7-8H2,1H3,(H,15,16). The van der Waals surface area contributed by atoms with Gasteiger partial charge >= 0.3 is 13.1 Å². The number of nitrogens with one attached hydrogen (secondary N) is 1. The molecule has 0 heterocycles. The first kappa shape index (κ1) is 14.7. The highest BCUT2D eigenvalue weighted by atomic mass is 16.4.